The minimum Gasteiger partial charge on any atom is -0.352 e. The van der Waals surface area contributed by atoms with Gasteiger partial charge in [0.2, 0.25) is 0 Å². The lowest BCUT2D eigenvalue weighted by molar-refractivity contribution is 0.607. The Morgan fingerprint density at radius 3 is 2.50 bits per heavy atom. The lowest BCUT2D eigenvalue weighted by Gasteiger charge is -2.19. The van der Waals surface area contributed by atoms with Crippen LogP contribution in [-0.4, -0.2) is 24.8 Å². The van der Waals surface area contributed by atoms with Crippen molar-refractivity contribution in [3.05, 3.63) is 80.1 Å². The molecule has 1 atom stereocenters. The summed E-state index contributed by atoms with van der Waals surface area (Å²) in [6, 6.07) is 11.9. The molecular formula is C26H26FN5O3S. The Bertz CT molecular complexity index is 1670. The van der Waals surface area contributed by atoms with Gasteiger partial charge < -0.3 is 14.6 Å². The number of anilines is 3. The molecule has 0 saturated heterocycles. The first kappa shape index (κ1) is 23.9. The second-order valence-corrected chi connectivity index (χ2v) is 10.3. The second kappa shape index (κ2) is 9.02. The smallest absolute Gasteiger partial charge is 0.278 e. The largest absolute Gasteiger partial charge is 0.352 e. The molecule has 0 radical (unpaired) electrons. The van der Waals surface area contributed by atoms with Gasteiger partial charge in [-0.2, -0.15) is 5.10 Å². The van der Waals surface area contributed by atoms with Crippen LogP contribution in [0.5, 0.6) is 0 Å². The maximum atomic E-state index is 14.8. The molecule has 0 bridgehead atoms. The van der Waals surface area contributed by atoms with Crippen molar-refractivity contribution in [3.63, 3.8) is 0 Å². The van der Waals surface area contributed by atoms with E-state index in [-0.39, 0.29) is 33.9 Å². The molecule has 1 saturated carbocycles. The molecule has 2 heterocycles. The number of fused-ring (bicyclic) bond motifs is 1. The molecule has 2 aromatic heterocycles. The van der Waals surface area contributed by atoms with Gasteiger partial charge in [0.15, 0.2) is 0 Å². The minimum absolute atomic E-state index is 0.0356. The van der Waals surface area contributed by atoms with Crippen LogP contribution in [0.1, 0.15) is 30.0 Å². The van der Waals surface area contributed by atoms with Crippen molar-refractivity contribution >= 4 is 39.0 Å². The zero-order valence-electron chi connectivity index (χ0n) is 20.4. The van der Waals surface area contributed by atoms with Crippen molar-refractivity contribution < 1.29 is 8.60 Å². The van der Waals surface area contributed by atoms with E-state index in [1.165, 1.54) is 21.6 Å². The number of hydrogen-bond donors (Lipinski definition) is 2. The number of nitrogens with one attached hydrogen (secondary N) is 2. The average molecular weight is 508 g/mol. The molecule has 186 valence electrons. The van der Waals surface area contributed by atoms with Crippen LogP contribution < -0.4 is 21.2 Å². The molecule has 5 rings (SSSR count). The van der Waals surface area contributed by atoms with Crippen LogP contribution in [0.2, 0.25) is 0 Å². The molecule has 2 N–H and O–H groups in total. The lowest BCUT2D eigenvalue weighted by Crippen LogP contribution is -2.29. The monoisotopic (exact) mass is 507 g/mol. The molecule has 2 aromatic carbocycles. The maximum Gasteiger partial charge on any atom is 0.278 e. The third-order valence-electron chi connectivity index (χ3n) is 6.35. The van der Waals surface area contributed by atoms with Crippen molar-refractivity contribution in [2.45, 2.75) is 32.7 Å². The molecule has 0 spiro atoms. The van der Waals surface area contributed by atoms with E-state index >= 15 is 0 Å². The van der Waals surface area contributed by atoms with E-state index in [0.29, 0.717) is 28.0 Å². The highest BCUT2D eigenvalue weighted by molar-refractivity contribution is 7.85. The molecule has 0 aliphatic heterocycles. The predicted molar refractivity (Wildman–Crippen MR) is 142 cm³/mol. The number of aryl methyl sites for hydroxylation is 2. The number of aromatic nitrogens is 3. The van der Waals surface area contributed by atoms with E-state index in [9.17, 15) is 18.2 Å². The third kappa shape index (κ3) is 4.21. The Morgan fingerprint density at radius 1 is 1.08 bits per heavy atom. The minimum atomic E-state index is -1.28. The second-order valence-electron chi connectivity index (χ2n) is 9.16. The molecular weight excluding hydrogens is 481 g/mol. The Balaban J connectivity index is 1.85. The normalized spacial score (nSPS) is 14.1. The topological polar surface area (TPSA) is 98.0 Å². The maximum absolute atomic E-state index is 14.8. The van der Waals surface area contributed by atoms with E-state index in [4.69, 9.17) is 5.10 Å². The first-order valence-corrected chi connectivity index (χ1v) is 13.1. The summed E-state index contributed by atoms with van der Waals surface area (Å²) in [5, 5.41) is 8.01. The molecule has 1 aliphatic rings. The first-order chi connectivity index (χ1) is 17.2. The number of halogens is 1. The summed E-state index contributed by atoms with van der Waals surface area (Å²) >= 11 is 0. The highest BCUT2D eigenvalue weighted by Gasteiger charge is 2.30. The summed E-state index contributed by atoms with van der Waals surface area (Å²) < 4.78 is 32.3. The van der Waals surface area contributed by atoms with Crippen LogP contribution in [0.3, 0.4) is 0 Å². The van der Waals surface area contributed by atoms with Gasteiger partial charge in [0.05, 0.1) is 28.3 Å². The SMILES string of the molecule is Cc1ccc(Nc2c(C)c(=O)n(C)c3c(-c4cccc(NS(C)=O)c4)nn(C4CC4)c(=O)c23)c(F)c1. The zero-order chi connectivity index (χ0) is 25.7. The van der Waals surface area contributed by atoms with Gasteiger partial charge in [-0.05, 0) is 56.5 Å². The number of pyridine rings is 1. The molecule has 4 aromatic rings. The summed E-state index contributed by atoms with van der Waals surface area (Å²) in [4.78, 5) is 27.1. The summed E-state index contributed by atoms with van der Waals surface area (Å²) in [6.45, 7) is 3.41. The van der Waals surface area contributed by atoms with Gasteiger partial charge in [-0.3, -0.25) is 9.59 Å². The predicted octanol–water partition coefficient (Wildman–Crippen LogP) is 4.30. The van der Waals surface area contributed by atoms with Crippen LogP contribution >= 0.6 is 0 Å². The van der Waals surface area contributed by atoms with Gasteiger partial charge in [0.25, 0.3) is 11.1 Å². The van der Waals surface area contributed by atoms with Crippen LogP contribution in [0.4, 0.5) is 21.5 Å². The van der Waals surface area contributed by atoms with Crippen molar-refractivity contribution in [1.82, 2.24) is 14.3 Å². The summed E-state index contributed by atoms with van der Waals surface area (Å²) in [5.41, 5.74) is 2.88. The van der Waals surface area contributed by atoms with Crippen molar-refractivity contribution in [3.8, 4) is 11.3 Å². The molecule has 36 heavy (non-hydrogen) atoms. The summed E-state index contributed by atoms with van der Waals surface area (Å²) in [6.07, 6.45) is 3.19. The van der Waals surface area contributed by atoms with E-state index in [2.05, 4.69) is 10.0 Å². The highest BCUT2D eigenvalue weighted by atomic mass is 32.2. The molecule has 1 unspecified atom stereocenters. The van der Waals surface area contributed by atoms with Crippen LogP contribution in [-0.2, 0) is 18.0 Å². The van der Waals surface area contributed by atoms with Gasteiger partial charge in [-0.15, -0.1) is 0 Å². The van der Waals surface area contributed by atoms with Gasteiger partial charge in [-0.25, -0.2) is 13.3 Å². The number of hydrogen-bond acceptors (Lipinski definition) is 5. The fourth-order valence-electron chi connectivity index (χ4n) is 4.40. The van der Waals surface area contributed by atoms with Crippen molar-refractivity contribution in [2.24, 2.45) is 7.05 Å². The van der Waals surface area contributed by atoms with E-state index in [0.717, 1.165) is 18.4 Å². The Morgan fingerprint density at radius 2 is 1.83 bits per heavy atom. The number of nitrogens with zero attached hydrogens (tertiary/aromatic N) is 3. The molecule has 8 nitrogen and oxygen atoms in total. The number of rotatable bonds is 6. The van der Waals surface area contributed by atoms with Gasteiger partial charge >= 0.3 is 0 Å². The van der Waals surface area contributed by atoms with E-state index in [1.807, 2.05) is 6.07 Å². The fraction of sp³-hybridized carbons (Fsp3) is 0.269. The van der Waals surface area contributed by atoms with Crippen LogP contribution in [0.15, 0.2) is 52.1 Å². The Kier molecular flexibility index (Phi) is 5.99. The van der Waals surface area contributed by atoms with Crippen molar-refractivity contribution in [2.75, 3.05) is 16.3 Å². The molecule has 1 fully saturated rings. The molecule has 10 heteroatoms. The van der Waals surface area contributed by atoms with Crippen LogP contribution in [0.25, 0.3) is 22.2 Å². The van der Waals surface area contributed by atoms with E-state index < -0.39 is 16.8 Å². The van der Waals surface area contributed by atoms with E-state index in [1.54, 1.807) is 51.2 Å². The third-order valence-corrected chi connectivity index (χ3v) is 6.87. The van der Waals surface area contributed by atoms with Gasteiger partial charge in [-0.1, -0.05) is 18.2 Å². The quantitative estimate of drug-likeness (QED) is 0.406. The van der Waals surface area contributed by atoms with Gasteiger partial charge in [0, 0.05) is 30.1 Å². The summed E-state index contributed by atoms with van der Waals surface area (Å²) in [7, 11) is 0.319. The highest BCUT2D eigenvalue weighted by Crippen LogP contribution is 2.37. The first-order valence-electron chi connectivity index (χ1n) is 11.6. The standard InChI is InChI=1S/C26H26FN5O3S/c1-14-8-11-20(19(27)12-14)28-22-15(2)25(33)31(3)24-21(22)26(34)32(18-9-10-18)29-23(24)16-6-5-7-17(13-16)30-36(4)35/h5-8,11-13,18,28,30H,9-10H2,1-4H3. The van der Waals surface area contributed by atoms with Crippen molar-refractivity contribution in [1.29, 1.82) is 0 Å². The molecule has 0 amide bonds. The molecule has 1 aliphatic carbocycles. The zero-order valence-corrected chi connectivity index (χ0v) is 21.2. The van der Waals surface area contributed by atoms with Gasteiger partial charge in [0.1, 0.15) is 22.5 Å². The number of benzene rings is 2. The Hall–Kier alpha value is -3.79. The average Bonchev–Trinajstić information content (AvgIpc) is 3.67. The Labute approximate surface area is 209 Å². The fourth-order valence-corrected chi connectivity index (χ4v) is 4.86. The summed E-state index contributed by atoms with van der Waals surface area (Å²) in [5.74, 6) is -0.480. The lowest BCUT2D eigenvalue weighted by atomic mass is 10.0. The van der Waals surface area contributed by atoms with Crippen LogP contribution in [0, 0.1) is 19.7 Å².